The highest BCUT2D eigenvalue weighted by molar-refractivity contribution is 5.89. The van der Waals surface area contributed by atoms with Gasteiger partial charge in [-0.3, -0.25) is 4.79 Å². The zero-order valence-electron chi connectivity index (χ0n) is 10.6. The lowest BCUT2D eigenvalue weighted by molar-refractivity contribution is -0.144. The lowest BCUT2D eigenvalue weighted by atomic mass is 10.2. The minimum atomic E-state index is -4.70. The van der Waals surface area contributed by atoms with Gasteiger partial charge in [0.15, 0.2) is 0 Å². The van der Waals surface area contributed by atoms with Crippen molar-refractivity contribution in [1.29, 1.82) is 0 Å². The number of pyridine rings is 1. The number of ether oxygens (including phenoxy) is 1. The summed E-state index contributed by atoms with van der Waals surface area (Å²) >= 11 is 0. The molecule has 0 N–H and O–H groups in total. The maximum absolute atomic E-state index is 12.8. The van der Waals surface area contributed by atoms with E-state index < -0.39 is 29.0 Å². The number of esters is 1. The first-order valence-corrected chi connectivity index (χ1v) is 5.38. The molecule has 0 radical (unpaired) electrons. The van der Waals surface area contributed by atoms with Gasteiger partial charge in [0.05, 0.1) is 6.61 Å². The van der Waals surface area contributed by atoms with E-state index in [2.05, 4.69) is 4.74 Å². The van der Waals surface area contributed by atoms with Crippen LogP contribution in [0.3, 0.4) is 0 Å². The van der Waals surface area contributed by atoms with Crippen LogP contribution >= 0.6 is 0 Å². The van der Waals surface area contributed by atoms with Crippen LogP contribution in [0, 0.1) is 0 Å². The smallest absolute Gasteiger partial charge is 0.433 e. The van der Waals surface area contributed by atoms with Crippen LogP contribution in [-0.4, -0.2) is 31.3 Å². The first kappa shape index (κ1) is 15.1. The Labute approximate surface area is 107 Å². The highest BCUT2D eigenvalue weighted by atomic mass is 19.4. The van der Waals surface area contributed by atoms with Crippen molar-refractivity contribution in [3.05, 3.63) is 33.7 Å². The Kier molecular flexibility index (Phi) is 4.23. The van der Waals surface area contributed by atoms with Gasteiger partial charge in [0.2, 0.25) is 0 Å². The van der Waals surface area contributed by atoms with Gasteiger partial charge in [0.25, 0.3) is 5.56 Å². The highest BCUT2D eigenvalue weighted by Gasteiger charge is 2.36. The van der Waals surface area contributed by atoms with Crippen LogP contribution in [0.15, 0.2) is 16.9 Å². The van der Waals surface area contributed by atoms with Gasteiger partial charge in [-0.1, -0.05) is 0 Å². The zero-order chi connectivity index (χ0) is 14.8. The summed E-state index contributed by atoms with van der Waals surface area (Å²) < 4.78 is 43.3. The van der Waals surface area contributed by atoms with Gasteiger partial charge in [-0.05, 0) is 19.1 Å². The van der Waals surface area contributed by atoms with E-state index in [0.29, 0.717) is 10.7 Å². The van der Waals surface area contributed by atoms with Crippen molar-refractivity contribution in [2.45, 2.75) is 13.1 Å². The van der Waals surface area contributed by atoms with Crippen LogP contribution in [0.5, 0.6) is 0 Å². The number of rotatable bonds is 3. The molecule has 1 aromatic heterocycles. The van der Waals surface area contributed by atoms with Gasteiger partial charge in [0, 0.05) is 14.1 Å². The minimum absolute atomic E-state index is 0.0290. The van der Waals surface area contributed by atoms with Crippen molar-refractivity contribution in [2.24, 2.45) is 0 Å². The predicted octanol–water partition coefficient (Wildman–Crippen LogP) is 1.24. The van der Waals surface area contributed by atoms with Gasteiger partial charge >= 0.3 is 12.1 Å². The Morgan fingerprint density at radius 1 is 1.37 bits per heavy atom. The molecule has 0 atom stereocenters. The fourth-order valence-corrected chi connectivity index (χ4v) is 1.50. The van der Waals surface area contributed by atoms with Crippen LogP contribution < -0.4 is 10.6 Å². The summed E-state index contributed by atoms with van der Waals surface area (Å²) in [6.07, 6.45) is -4.70. The number of alkyl halides is 3. The summed E-state index contributed by atoms with van der Waals surface area (Å²) in [6, 6.07) is 1.50. The number of aromatic nitrogens is 1. The lowest BCUT2D eigenvalue weighted by Gasteiger charge is -2.22. The maximum Gasteiger partial charge on any atom is 0.433 e. The molecule has 5 nitrogen and oxygen atoms in total. The molecule has 0 aliphatic carbocycles. The second-order valence-electron chi connectivity index (χ2n) is 3.81. The van der Waals surface area contributed by atoms with E-state index in [1.165, 1.54) is 21.0 Å². The summed E-state index contributed by atoms with van der Waals surface area (Å²) in [6.45, 7) is 1.56. The summed E-state index contributed by atoms with van der Waals surface area (Å²) in [5.41, 5.74) is -2.67. The van der Waals surface area contributed by atoms with Gasteiger partial charge in [-0.25, -0.2) is 9.47 Å². The fourth-order valence-electron chi connectivity index (χ4n) is 1.50. The van der Waals surface area contributed by atoms with Crippen molar-refractivity contribution < 1.29 is 22.7 Å². The Morgan fingerprint density at radius 2 is 1.95 bits per heavy atom. The second kappa shape index (κ2) is 5.33. The average molecular weight is 278 g/mol. The van der Waals surface area contributed by atoms with Gasteiger partial charge in [-0.15, -0.1) is 0 Å². The molecule has 0 aliphatic heterocycles. The Hall–Kier alpha value is -1.99. The van der Waals surface area contributed by atoms with Gasteiger partial charge in [0.1, 0.15) is 11.3 Å². The lowest BCUT2D eigenvalue weighted by Crippen LogP contribution is -2.42. The van der Waals surface area contributed by atoms with E-state index in [1.807, 2.05) is 0 Å². The SMILES string of the molecule is CCOC(=O)c1ccc(C(F)(F)F)n(N(C)C)c1=O. The molecular formula is C11H13F3N2O3. The largest absolute Gasteiger partial charge is 0.462 e. The zero-order valence-corrected chi connectivity index (χ0v) is 10.6. The molecule has 106 valence electrons. The maximum atomic E-state index is 12.8. The fraction of sp³-hybridized carbons (Fsp3) is 0.455. The van der Waals surface area contributed by atoms with E-state index in [9.17, 15) is 22.8 Å². The van der Waals surface area contributed by atoms with Crippen molar-refractivity contribution in [3.8, 4) is 0 Å². The summed E-state index contributed by atoms with van der Waals surface area (Å²) in [5.74, 6) is -0.947. The molecular weight excluding hydrogens is 265 g/mol. The monoisotopic (exact) mass is 278 g/mol. The van der Waals surface area contributed by atoms with Crippen LogP contribution in [0.2, 0.25) is 0 Å². The van der Waals surface area contributed by atoms with Crippen molar-refractivity contribution >= 4 is 5.97 Å². The topological polar surface area (TPSA) is 51.5 Å². The Balaban J connectivity index is 3.49. The minimum Gasteiger partial charge on any atom is -0.462 e. The van der Waals surface area contributed by atoms with Crippen LogP contribution in [0.1, 0.15) is 23.0 Å². The van der Waals surface area contributed by atoms with Gasteiger partial charge < -0.3 is 9.75 Å². The normalized spacial score (nSPS) is 11.3. The van der Waals surface area contributed by atoms with Crippen LogP contribution in [0.25, 0.3) is 0 Å². The number of carbonyl (C=O) groups is 1. The molecule has 1 heterocycles. The standard InChI is InChI=1S/C11H13F3N2O3/c1-4-19-10(18)7-5-6-8(11(12,13)14)16(9(7)17)15(2)3/h5-6H,4H2,1-3H3. The predicted molar refractivity (Wildman–Crippen MR) is 61.7 cm³/mol. The molecule has 0 aliphatic rings. The van der Waals surface area contributed by atoms with Crippen molar-refractivity contribution in [1.82, 2.24) is 4.68 Å². The molecule has 8 heteroatoms. The second-order valence-corrected chi connectivity index (χ2v) is 3.81. The molecule has 0 aromatic carbocycles. The first-order valence-electron chi connectivity index (χ1n) is 5.38. The number of halogens is 3. The van der Waals surface area contributed by atoms with Crippen LogP contribution in [-0.2, 0) is 10.9 Å². The Morgan fingerprint density at radius 3 is 2.37 bits per heavy atom. The molecule has 0 saturated heterocycles. The molecule has 0 fully saturated rings. The number of nitrogens with zero attached hydrogens (tertiary/aromatic N) is 2. The Bertz CT molecular complexity index is 535. The van der Waals surface area contributed by atoms with Crippen LogP contribution in [0.4, 0.5) is 13.2 Å². The third-order valence-electron chi connectivity index (χ3n) is 2.24. The van der Waals surface area contributed by atoms with E-state index in [4.69, 9.17) is 0 Å². The van der Waals surface area contributed by atoms with Crippen molar-refractivity contribution in [3.63, 3.8) is 0 Å². The summed E-state index contributed by atoms with van der Waals surface area (Å²) in [4.78, 5) is 23.4. The van der Waals surface area contributed by atoms with Crippen molar-refractivity contribution in [2.75, 3.05) is 25.7 Å². The number of hydrogen-bond acceptors (Lipinski definition) is 4. The van der Waals surface area contributed by atoms with E-state index >= 15 is 0 Å². The van der Waals surface area contributed by atoms with E-state index in [1.54, 1.807) is 0 Å². The first-order chi connectivity index (χ1) is 8.70. The third kappa shape index (κ3) is 3.07. The summed E-state index contributed by atoms with van der Waals surface area (Å²) in [5, 5.41) is 0.952. The molecule has 0 amide bonds. The molecule has 0 unspecified atom stereocenters. The molecule has 1 rings (SSSR count). The number of hydrogen-bond donors (Lipinski definition) is 0. The third-order valence-corrected chi connectivity index (χ3v) is 2.24. The molecule has 0 bridgehead atoms. The molecule has 0 saturated carbocycles. The molecule has 1 aromatic rings. The van der Waals surface area contributed by atoms with Gasteiger partial charge in [-0.2, -0.15) is 13.2 Å². The highest BCUT2D eigenvalue weighted by Crippen LogP contribution is 2.28. The summed E-state index contributed by atoms with van der Waals surface area (Å²) in [7, 11) is 2.54. The molecule has 0 spiro atoms. The van der Waals surface area contributed by atoms with E-state index in [-0.39, 0.29) is 6.61 Å². The average Bonchev–Trinajstić information content (AvgIpc) is 2.26. The quantitative estimate of drug-likeness (QED) is 0.781. The van der Waals surface area contributed by atoms with E-state index in [0.717, 1.165) is 11.1 Å². The molecule has 19 heavy (non-hydrogen) atoms. The number of carbonyl (C=O) groups excluding carboxylic acids is 1.